The summed E-state index contributed by atoms with van der Waals surface area (Å²) >= 11 is 1.68. The van der Waals surface area contributed by atoms with Crippen molar-refractivity contribution in [1.29, 1.82) is 0 Å². The van der Waals surface area contributed by atoms with Gasteiger partial charge in [0.25, 0.3) is 0 Å². The van der Waals surface area contributed by atoms with Gasteiger partial charge in [-0.05, 0) is 12.8 Å². The van der Waals surface area contributed by atoms with Crippen LogP contribution in [0.2, 0.25) is 0 Å². The van der Waals surface area contributed by atoms with Crippen molar-refractivity contribution in [2.45, 2.75) is 25.3 Å². The zero-order chi connectivity index (χ0) is 9.97. The van der Waals surface area contributed by atoms with E-state index in [9.17, 15) is 0 Å². The maximum Gasteiger partial charge on any atom is 0.207 e. The highest BCUT2D eigenvalue weighted by Gasteiger charge is 2.19. The predicted molar refractivity (Wildman–Crippen MR) is 59.0 cm³/mol. The normalized spacial score (nSPS) is 15.9. The van der Waals surface area contributed by atoms with Crippen molar-refractivity contribution < 1.29 is 0 Å². The molecule has 0 amide bonds. The van der Waals surface area contributed by atoms with Crippen molar-refractivity contribution in [2.24, 2.45) is 0 Å². The van der Waals surface area contributed by atoms with Crippen LogP contribution in [-0.2, 0) is 6.42 Å². The molecule has 0 spiro atoms. The molecule has 1 heterocycles. The lowest BCUT2D eigenvalue weighted by molar-refractivity contribution is 0.677. The fraction of sp³-hybridized carbons (Fsp3) is 0.778. The van der Waals surface area contributed by atoms with Crippen LogP contribution in [0.1, 0.15) is 17.8 Å². The second-order valence-corrected chi connectivity index (χ2v) is 4.89. The highest BCUT2D eigenvalue weighted by molar-refractivity contribution is 7.15. The summed E-state index contributed by atoms with van der Waals surface area (Å²) in [7, 11) is 3.99. The van der Waals surface area contributed by atoms with Crippen LogP contribution in [0.25, 0.3) is 0 Å². The Labute approximate surface area is 88.3 Å². The lowest BCUT2D eigenvalue weighted by atomic mass is 10.4. The molecule has 1 fully saturated rings. The topological polar surface area (TPSA) is 41.1 Å². The lowest BCUT2D eigenvalue weighted by Gasteiger charge is -2.03. The summed E-state index contributed by atoms with van der Waals surface area (Å²) in [5, 5.41) is 13.8. The van der Waals surface area contributed by atoms with Crippen LogP contribution in [0.5, 0.6) is 0 Å². The molecule has 0 aromatic carbocycles. The quantitative estimate of drug-likeness (QED) is 0.787. The summed E-state index contributed by atoms with van der Waals surface area (Å²) in [5.41, 5.74) is 0. The second kappa shape index (κ2) is 4.23. The van der Waals surface area contributed by atoms with Crippen LogP contribution in [0.4, 0.5) is 5.13 Å². The summed E-state index contributed by atoms with van der Waals surface area (Å²) in [6.45, 7) is 1.03. The molecule has 0 aliphatic heterocycles. The zero-order valence-corrected chi connectivity index (χ0v) is 9.47. The van der Waals surface area contributed by atoms with Gasteiger partial charge in [-0.3, -0.25) is 0 Å². The van der Waals surface area contributed by atoms with E-state index in [1.807, 2.05) is 19.0 Å². The average Bonchev–Trinajstić information content (AvgIpc) is 2.82. The van der Waals surface area contributed by atoms with Crippen LogP contribution in [0.3, 0.4) is 0 Å². The first-order chi connectivity index (χ1) is 6.75. The summed E-state index contributed by atoms with van der Waals surface area (Å²) < 4.78 is 0. The van der Waals surface area contributed by atoms with Crippen LogP contribution < -0.4 is 10.2 Å². The minimum atomic E-state index is 0.788. The van der Waals surface area contributed by atoms with Crippen molar-refractivity contribution in [3.05, 3.63) is 5.01 Å². The third-order valence-electron chi connectivity index (χ3n) is 2.19. The molecule has 2 rings (SSSR count). The molecule has 0 radical (unpaired) electrons. The van der Waals surface area contributed by atoms with Crippen LogP contribution in [0.15, 0.2) is 0 Å². The number of aromatic nitrogens is 2. The molecule has 1 saturated carbocycles. The molecule has 14 heavy (non-hydrogen) atoms. The molecular weight excluding hydrogens is 196 g/mol. The number of hydrogen-bond acceptors (Lipinski definition) is 5. The Morgan fingerprint density at radius 1 is 1.43 bits per heavy atom. The van der Waals surface area contributed by atoms with Gasteiger partial charge in [-0.15, -0.1) is 10.2 Å². The van der Waals surface area contributed by atoms with Gasteiger partial charge in [0, 0.05) is 33.1 Å². The van der Waals surface area contributed by atoms with Gasteiger partial charge in [0.05, 0.1) is 0 Å². The first-order valence-corrected chi connectivity index (χ1v) is 5.80. The summed E-state index contributed by atoms with van der Waals surface area (Å²) in [6, 6.07) is 0.788. The highest BCUT2D eigenvalue weighted by atomic mass is 32.1. The number of hydrogen-bond donors (Lipinski definition) is 1. The first-order valence-electron chi connectivity index (χ1n) is 4.99. The molecule has 0 atom stereocenters. The van der Waals surface area contributed by atoms with Crippen LogP contribution >= 0.6 is 11.3 Å². The van der Waals surface area contributed by atoms with Gasteiger partial charge in [-0.2, -0.15) is 0 Å². The van der Waals surface area contributed by atoms with Crippen molar-refractivity contribution in [1.82, 2.24) is 15.5 Å². The molecule has 4 nitrogen and oxygen atoms in total. The molecule has 0 saturated heterocycles. The van der Waals surface area contributed by atoms with E-state index < -0.39 is 0 Å². The van der Waals surface area contributed by atoms with E-state index in [1.54, 1.807) is 11.3 Å². The molecule has 1 aliphatic carbocycles. The third kappa shape index (κ3) is 2.65. The molecular formula is C9H16N4S. The second-order valence-electron chi connectivity index (χ2n) is 3.85. The minimum absolute atomic E-state index is 0.788. The standard InChI is InChI=1S/C9H16N4S/c1-13(2)9-12-11-8(14-9)5-6-10-7-3-4-7/h7,10H,3-6H2,1-2H3. The fourth-order valence-corrected chi connectivity index (χ4v) is 1.96. The van der Waals surface area contributed by atoms with E-state index in [0.717, 1.165) is 29.1 Å². The van der Waals surface area contributed by atoms with Gasteiger partial charge < -0.3 is 10.2 Å². The number of anilines is 1. The molecule has 1 N–H and O–H groups in total. The van der Waals surface area contributed by atoms with E-state index in [1.165, 1.54) is 12.8 Å². The Kier molecular flexibility index (Phi) is 2.98. The van der Waals surface area contributed by atoms with Gasteiger partial charge in [-0.25, -0.2) is 0 Å². The first kappa shape index (κ1) is 9.86. The van der Waals surface area contributed by atoms with Crippen LogP contribution in [-0.4, -0.2) is 36.9 Å². The molecule has 0 bridgehead atoms. The average molecular weight is 212 g/mol. The van der Waals surface area contributed by atoms with Crippen molar-refractivity contribution in [3.8, 4) is 0 Å². The monoisotopic (exact) mass is 212 g/mol. The van der Waals surface area contributed by atoms with Gasteiger partial charge in [0.2, 0.25) is 5.13 Å². The van der Waals surface area contributed by atoms with Gasteiger partial charge in [0.15, 0.2) is 0 Å². The van der Waals surface area contributed by atoms with Gasteiger partial charge in [0.1, 0.15) is 5.01 Å². The van der Waals surface area contributed by atoms with Crippen molar-refractivity contribution in [3.63, 3.8) is 0 Å². The fourth-order valence-electron chi connectivity index (χ4n) is 1.20. The largest absolute Gasteiger partial charge is 0.353 e. The van der Waals surface area contributed by atoms with Gasteiger partial charge >= 0.3 is 0 Å². The van der Waals surface area contributed by atoms with E-state index >= 15 is 0 Å². The molecule has 1 aromatic rings. The molecule has 0 unspecified atom stereocenters. The van der Waals surface area contributed by atoms with Crippen molar-refractivity contribution in [2.75, 3.05) is 25.5 Å². The number of nitrogens with zero attached hydrogens (tertiary/aromatic N) is 3. The van der Waals surface area contributed by atoms with E-state index in [-0.39, 0.29) is 0 Å². The lowest BCUT2D eigenvalue weighted by Crippen LogP contribution is -2.19. The molecule has 1 aliphatic rings. The van der Waals surface area contributed by atoms with Crippen LogP contribution in [0, 0.1) is 0 Å². The number of nitrogens with one attached hydrogen (secondary N) is 1. The SMILES string of the molecule is CN(C)c1nnc(CCNC2CC2)s1. The summed E-state index contributed by atoms with van der Waals surface area (Å²) in [5.74, 6) is 0. The van der Waals surface area contributed by atoms with Crippen molar-refractivity contribution >= 4 is 16.5 Å². The van der Waals surface area contributed by atoms with E-state index in [0.29, 0.717) is 0 Å². The smallest absolute Gasteiger partial charge is 0.207 e. The number of rotatable bonds is 5. The summed E-state index contributed by atoms with van der Waals surface area (Å²) in [6.07, 6.45) is 3.69. The highest BCUT2D eigenvalue weighted by Crippen LogP contribution is 2.20. The third-order valence-corrected chi connectivity index (χ3v) is 3.34. The van der Waals surface area contributed by atoms with E-state index in [4.69, 9.17) is 0 Å². The Morgan fingerprint density at radius 3 is 2.79 bits per heavy atom. The minimum Gasteiger partial charge on any atom is -0.353 e. The maximum absolute atomic E-state index is 4.14. The Bertz CT molecular complexity index is 293. The molecule has 5 heteroatoms. The molecule has 1 aromatic heterocycles. The Balaban J connectivity index is 1.77. The zero-order valence-electron chi connectivity index (χ0n) is 8.66. The molecule has 78 valence electrons. The summed E-state index contributed by atoms with van der Waals surface area (Å²) in [4.78, 5) is 2.00. The predicted octanol–water partition coefficient (Wildman–Crippen LogP) is 0.899. The van der Waals surface area contributed by atoms with Gasteiger partial charge in [-0.1, -0.05) is 11.3 Å². The van der Waals surface area contributed by atoms with E-state index in [2.05, 4.69) is 15.5 Å². The Morgan fingerprint density at radius 2 is 2.21 bits per heavy atom. The maximum atomic E-state index is 4.14. The Hall–Kier alpha value is -0.680.